The number of methoxy groups -OCH3 is 2. The second-order valence-corrected chi connectivity index (χ2v) is 5.78. The van der Waals surface area contributed by atoms with Crippen molar-refractivity contribution in [2.24, 2.45) is 5.73 Å². The molecule has 0 saturated carbocycles. The number of benzene rings is 1. The number of aromatic nitrogens is 1. The highest BCUT2D eigenvalue weighted by molar-refractivity contribution is 7.09. The Morgan fingerprint density at radius 3 is 2.15 bits per heavy atom. The molecule has 1 heterocycles. The van der Waals surface area contributed by atoms with Gasteiger partial charge in [0.2, 0.25) is 0 Å². The molecule has 0 radical (unpaired) electrons. The van der Waals surface area contributed by atoms with Gasteiger partial charge in [0.1, 0.15) is 16.5 Å². The molecule has 4 nitrogen and oxygen atoms in total. The average Bonchev–Trinajstić information content (AvgIpc) is 2.95. The van der Waals surface area contributed by atoms with Gasteiger partial charge >= 0.3 is 0 Å². The van der Waals surface area contributed by atoms with Gasteiger partial charge in [0.15, 0.2) is 0 Å². The van der Waals surface area contributed by atoms with Crippen molar-refractivity contribution in [2.45, 2.75) is 25.8 Å². The fraction of sp³-hybridized carbons (Fsp3) is 0.400. The first-order valence-corrected chi connectivity index (χ1v) is 7.37. The Kier molecular flexibility index (Phi) is 4.62. The van der Waals surface area contributed by atoms with Crippen LogP contribution in [0.15, 0.2) is 23.6 Å². The van der Waals surface area contributed by atoms with Crippen LogP contribution < -0.4 is 15.2 Å². The standard InChI is InChI=1S/C15H20N2O2S/c1-9(2)13-8-20-15(17-13)14(16)10-5-11(18-3)7-12(6-10)19-4/h5-9,14H,16H2,1-4H3. The first-order valence-electron chi connectivity index (χ1n) is 6.49. The predicted molar refractivity (Wildman–Crippen MR) is 81.8 cm³/mol. The minimum absolute atomic E-state index is 0.267. The summed E-state index contributed by atoms with van der Waals surface area (Å²) in [7, 11) is 3.26. The van der Waals surface area contributed by atoms with Gasteiger partial charge in [-0.2, -0.15) is 0 Å². The van der Waals surface area contributed by atoms with E-state index in [0.29, 0.717) is 5.92 Å². The number of thiazole rings is 1. The minimum atomic E-state index is -0.267. The average molecular weight is 292 g/mol. The first-order chi connectivity index (χ1) is 9.55. The van der Waals surface area contributed by atoms with Crippen molar-refractivity contribution in [3.8, 4) is 11.5 Å². The van der Waals surface area contributed by atoms with Gasteiger partial charge in [-0.15, -0.1) is 11.3 Å². The van der Waals surface area contributed by atoms with E-state index < -0.39 is 0 Å². The lowest BCUT2D eigenvalue weighted by Crippen LogP contribution is -2.12. The first kappa shape index (κ1) is 14.8. The molecule has 1 atom stereocenters. The zero-order chi connectivity index (χ0) is 14.7. The van der Waals surface area contributed by atoms with E-state index in [1.165, 1.54) is 0 Å². The Morgan fingerprint density at radius 2 is 1.70 bits per heavy atom. The maximum absolute atomic E-state index is 6.31. The second-order valence-electron chi connectivity index (χ2n) is 4.89. The number of rotatable bonds is 5. The molecule has 0 aliphatic heterocycles. The van der Waals surface area contributed by atoms with Crippen LogP contribution in [0.2, 0.25) is 0 Å². The quantitative estimate of drug-likeness (QED) is 0.918. The predicted octanol–water partition coefficient (Wildman–Crippen LogP) is 3.33. The molecule has 2 rings (SSSR count). The van der Waals surface area contributed by atoms with Crippen molar-refractivity contribution in [3.63, 3.8) is 0 Å². The normalized spacial score (nSPS) is 12.5. The Bertz CT molecular complexity index is 559. The maximum atomic E-state index is 6.31. The monoisotopic (exact) mass is 292 g/mol. The van der Waals surface area contributed by atoms with Crippen LogP contribution in [0.5, 0.6) is 11.5 Å². The molecular weight excluding hydrogens is 272 g/mol. The molecule has 1 unspecified atom stereocenters. The summed E-state index contributed by atoms with van der Waals surface area (Å²) in [5.74, 6) is 1.87. The molecule has 0 aliphatic rings. The van der Waals surface area contributed by atoms with E-state index >= 15 is 0 Å². The van der Waals surface area contributed by atoms with Crippen molar-refractivity contribution >= 4 is 11.3 Å². The fourth-order valence-corrected chi connectivity index (χ4v) is 2.87. The summed E-state index contributed by atoms with van der Waals surface area (Å²) in [4.78, 5) is 4.61. The molecule has 0 spiro atoms. The van der Waals surface area contributed by atoms with Gasteiger partial charge in [-0.3, -0.25) is 0 Å². The summed E-state index contributed by atoms with van der Waals surface area (Å²) in [5, 5.41) is 2.97. The molecule has 108 valence electrons. The highest BCUT2D eigenvalue weighted by Gasteiger charge is 2.16. The van der Waals surface area contributed by atoms with Gasteiger partial charge in [-0.05, 0) is 23.6 Å². The SMILES string of the molecule is COc1cc(OC)cc(C(N)c2nc(C(C)C)cs2)c1. The number of nitrogens with zero attached hydrogens (tertiary/aromatic N) is 1. The Hall–Kier alpha value is -1.59. The van der Waals surface area contributed by atoms with E-state index in [2.05, 4.69) is 24.2 Å². The fourth-order valence-electron chi connectivity index (χ4n) is 1.86. The lowest BCUT2D eigenvalue weighted by atomic mass is 10.1. The number of hydrogen-bond donors (Lipinski definition) is 1. The third-order valence-electron chi connectivity index (χ3n) is 3.13. The number of ether oxygens (including phenoxy) is 2. The Labute approximate surface area is 123 Å². The molecule has 20 heavy (non-hydrogen) atoms. The van der Waals surface area contributed by atoms with Crippen LogP contribution in [0.4, 0.5) is 0 Å². The topological polar surface area (TPSA) is 57.4 Å². The van der Waals surface area contributed by atoms with E-state index in [1.807, 2.05) is 18.2 Å². The van der Waals surface area contributed by atoms with E-state index in [4.69, 9.17) is 15.2 Å². The van der Waals surface area contributed by atoms with Crippen LogP contribution in [0.1, 0.15) is 42.1 Å². The third kappa shape index (κ3) is 3.11. The zero-order valence-corrected chi connectivity index (χ0v) is 13.0. The summed E-state index contributed by atoms with van der Waals surface area (Å²) in [5.41, 5.74) is 8.33. The summed E-state index contributed by atoms with van der Waals surface area (Å²) in [6.07, 6.45) is 0. The number of hydrogen-bond acceptors (Lipinski definition) is 5. The lowest BCUT2D eigenvalue weighted by Gasteiger charge is -2.13. The van der Waals surface area contributed by atoms with Crippen LogP contribution in [0.3, 0.4) is 0 Å². The molecule has 2 aromatic rings. The van der Waals surface area contributed by atoms with Gasteiger partial charge in [0, 0.05) is 11.4 Å². The maximum Gasteiger partial charge on any atom is 0.122 e. The third-order valence-corrected chi connectivity index (χ3v) is 4.08. The second kappa shape index (κ2) is 6.24. The van der Waals surface area contributed by atoms with Crippen molar-refractivity contribution in [1.29, 1.82) is 0 Å². The molecule has 0 amide bonds. The highest BCUT2D eigenvalue weighted by Crippen LogP contribution is 2.30. The Balaban J connectivity index is 2.33. The van der Waals surface area contributed by atoms with Crippen molar-refractivity contribution in [3.05, 3.63) is 39.8 Å². The molecular formula is C15H20N2O2S. The summed E-state index contributed by atoms with van der Waals surface area (Å²) in [6, 6.07) is 5.40. The minimum Gasteiger partial charge on any atom is -0.497 e. The van der Waals surface area contributed by atoms with Crippen LogP contribution in [-0.4, -0.2) is 19.2 Å². The van der Waals surface area contributed by atoms with Crippen molar-refractivity contribution in [1.82, 2.24) is 4.98 Å². The van der Waals surface area contributed by atoms with E-state index in [0.717, 1.165) is 27.8 Å². The van der Waals surface area contributed by atoms with Gasteiger partial charge in [-0.25, -0.2) is 4.98 Å². The molecule has 0 saturated heterocycles. The smallest absolute Gasteiger partial charge is 0.122 e. The molecule has 0 bridgehead atoms. The molecule has 0 fully saturated rings. The van der Waals surface area contributed by atoms with Gasteiger partial charge < -0.3 is 15.2 Å². The van der Waals surface area contributed by atoms with Crippen molar-refractivity contribution in [2.75, 3.05) is 14.2 Å². The zero-order valence-electron chi connectivity index (χ0n) is 12.2. The highest BCUT2D eigenvalue weighted by atomic mass is 32.1. The van der Waals surface area contributed by atoms with Crippen LogP contribution in [0.25, 0.3) is 0 Å². The largest absolute Gasteiger partial charge is 0.497 e. The van der Waals surface area contributed by atoms with E-state index in [9.17, 15) is 0 Å². The lowest BCUT2D eigenvalue weighted by molar-refractivity contribution is 0.393. The van der Waals surface area contributed by atoms with Gasteiger partial charge in [0.25, 0.3) is 0 Å². The molecule has 1 aromatic carbocycles. The molecule has 1 aromatic heterocycles. The summed E-state index contributed by atoms with van der Waals surface area (Å²) < 4.78 is 10.5. The molecule has 2 N–H and O–H groups in total. The molecule has 0 aliphatic carbocycles. The molecule has 5 heteroatoms. The van der Waals surface area contributed by atoms with Crippen LogP contribution in [0, 0.1) is 0 Å². The van der Waals surface area contributed by atoms with Gasteiger partial charge in [-0.1, -0.05) is 13.8 Å². The summed E-state index contributed by atoms with van der Waals surface area (Å²) in [6.45, 7) is 4.25. The van der Waals surface area contributed by atoms with E-state index in [-0.39, 0.29) is 6.04 Å². The van der Waals surface area contributed by atoms with Crippen molar-refractivity contribution < 1.29 is 9.47 Å². The summed E-state index contributed by atoms with van der Waals surface area (Å²) >= 11 is 1.59. The van der Waals surface area contributed by atoms with E-state index in [1.54, 1.807) is 25.6 Å². The van der Waals surface area contributed by atoms with Crippen LogP contribution >= 0.6 is 11.3 Å². The van der Waals surface area contributed by atoms with Gasteiger partial charge in [0.05, 0.1) is 26.0 Å². The Morgan fingerprint density at radius 1 is 1.10 bits per heavy atom. The number of nitrogens with two attached hydrogens (primary N) is 1. The van der Waals surface area contributed by atoms with Crippen LogP contribution in [-0.2, 0) is 0 Å².